The van der Waals surface area contributed by atoms with Crippen LogP contribution in [-0.4, -0.2) is 46.1 Å². The van der Waals surface area contributed by atoms with Gasteiger partial charge in [0.15, 0.2) is 0 Å². The van der Waals surface area contributed by atoms with E-state index in [2.05, 4.69) is 84.9 Å². The van der Waals surface area contributed by atoms with Gasteiger partial charge in [-0.15, -0.1) is 0 Å². The summed E-state index contributed by atoms with van der Waals surface area (Å²) in [5.74, 6) is 1.05. The molecule has 2 fully saturated rings. The van der Waals surface area contributed by atoms with Crippen molar-refractivity contribution >= 4 is 17.1 Å². The van der Waals surface area contributed by atoms with Crippen molar-refractivity contribution in [1.82, 2.24) is 0 Å². The molecular weight excluding hydrogens is 358 g/mol. The van der Waals surface area contributed by atoms with Crippen molar-refractivity contribution in [2.45, 2.75) is 39.5 Å². The Morgan fingerprint density at radius 2 is 1.21 bits per heavy atom. The molecule has 0 radical (unpaired) electrons. The minimum Gasteiger partial charge on any atom is -0.378 e. The smallest absolute Gasteiger partial charge is 0.0905 e. The fourth-order valence-electron chi connectivity index (χ4n) is 4.65. The molecule has 4 heteroatoms. The zero-order chi connectivity index (χ0) is 20.4. The van der Waals surface area contributed by atoms with E-state index in [1.807, 2.05) is 0 Å². The lowest BCUT2D eigenvalue weighted by molar-refractivity contribution is 0.122. The number of morpholine rings is 1. The van der Waals surface area contributed by atoms with E-state index in [1.54, 1.807) is 0 Å². The lowest BCUT2D eigenvalue weighted by Crippen LogP contribution is -2.37. The van der Waals surface area contributed by atoms with Gasteiger partial charge in [0, 0.05) is 31.9 Å². The predicted octanol–water partition coefficient (Wildman–Crippen LogP) is 5.05. The van der Waals surface area contributed by atoms with Gasteiger partial charge in [0.05, 0.1) is 31.3 Å². The third kappa shape index (κ3) is 4.09. The van der Waals surface area contributed by atoms with Crippen molar-refractivity contribution in [1.29, 1.82) is 0 Å². The molecule has 2 aliphatic heterocycles. The van der Waals surface area contributed by atoms with Gasteiger partial charge in [-0.2, -0.15) is 0 Å². The van der Waals surface area contributed by atoms with Gasteiger partial charge in [-0.1, -0.05) is 58.0 Å². The highest BCUT2D eigenvalue weighted by Crippen LogP contribution is 2.38. The molecule has 29 heavy (non-hydrogen) atoms. The van der Waals surface area contributed by atoms with Gasteiger partial charge in [0.1, 0.15) is 0 Å². The summed E-state index contributed by atoms with van der Waals surface area (Å²) >= 11 is 0. The molecule has 0 atom stereocenters. The van der Waals surface area contributed by atoms with Crippen LogP contribution < -0.4 is 14.7 Å². The first-order valence-electron chi connectivity index (χ1n) is 11.1. The second kappa shape index (κ2) is 8.66. The first-order valence-corrected chi connectivity index (χ1v) is 11.1. The molecule has 2 saturated heterocycles. The summed E-state index contributed by atoms with van der Waals surface area (Å²) < 4.78 is 5.57. The highest BCUT2D eigenvalue weighted by Gasteiger charge is 2.28. The fourth-order valence-corrected chi connectivity index (χ4v) is 4.65. The summed E-state index contributed by atoms with van der Waals surface area (Å²) in [5, 5.41) is 0. The molecule has 0 saturated carbocycles. The van der Waals surface area contributed by atoms with Crippen LogP contribution in [0.2, 0.25) is 0 Å². The number of rotatable bonds is 5. The molecule has 0 aliphatic carbocycles. The minimum absolute atomic E-state index is 0.526. The Morgan fingerprint density at radius 3 is 1.79 bits per heavy atom. The maximum Gasteiger partial charge on any atom is 0.0905 e. The third-order valence-corrected chi connectivity index (χ3v) is 6.21. The van der Waals surface area contributed by atoms with Crippen LogP contribution in [-0.2, 0) is 4.74 Å². The van der Waals surface area contributed by atoms with Gasteiger partial charge in [-0.25, -0.2) is 0 Å². The Bertz CT molecular complexity index is 800. The molecule has 0 spiro atoms. The summed E-state index contributed by atoms with van der Waals surface area (Å²) in [5.41, 5.74) is 7.10. The average molecular weight is 394 g/mol. The fraction of sp³-hybridized carbons (Fsp3) is 0.520. The highest BCUT2D eigenvalue weighted by molar-refractivity contribution is 5.73. The number of ether oxygens (including phenoxy) is 1. The van der Waals surface area contributed by atoms with Crippen LogP contribution in [0.15, 0.2) is 42.5 Å². The first-order chi connectivity index (χ1) is 14.1. The number of hydrogen-bond acceptors (Lipinski definition) is 4. The largest absolute Gasteiger partial charge is 0.378 e. The van der Waals surface area contributed by atoms with E-state index < -0.39 is 0 Å². The lowest BCUT2D eigenvalue weighted by atomic mass is 9.92. The molecule has 0 aromatic heterocycles. The Kier molecular flexibility index (Phi) is 6.00. The van der Waals surface area contributed by atoms with Gasteiger partial charge >= 0.3 is 0 Å². The molecule has 0 bridgehead atoms. The molecular formula is C25H35N3O. The highest BCUT2D eigenvalue weighted by atomic mass is 16.5. The standard InChI is InChI=1S/C25H35N3O/c1-19(2)21-8-7-9-22(20(3)4)25(21)28-13-12-27(18-28)24-11-6-5-10-23(24)26-14-16-29-17-15-26/h5-11,19-20H,12-18H2,1-4H3. The second-order valence-electron chi connectivity index (χ2n) is 8.85. The number of benzene rings is 2. The molecule has 4 nitrogen and oxygen atoms in total. The zero-order valence-corrected chi connectivity index (χ0v) is 18.4. The molecule has 156 valence electrons. The van der Waals surface area contributed by atoms with Crippen molar-refractivity contribution in [3.8, 4) is 0 Å². The van der Waals surface area contributed by atoms with Crippen LogP contribution in [0.3, 0.4) is 0 Å². The number of anilines is 3. The van der Waals surface area contributed by atoms with E-state index >= 15 is 0 Å². The topological polar surface area (TPSA) is 19.0 Å². The van der Waals surface area contributed by atoms with Gasteiger partial charge in [0.2, 0.25) is 0 Å². The normalized spacial score (nSPS) is 17.7. The second-order valence-corrected chi connectivity index (χ2v) is 8.85. The van der Waals surface area contributed by atoms with Gasteiger partial charge in [-0.05, 0) is 35.1 Å². The lowest BCUT2D eigenvalue weighted by Gasteiger charge is -2.33. The van der Waals surface area contributed by atoms with Crippen molar-refractivity contribution in [3.05, 3.63) is 53.6 Å². The van der Waals surface area contributed by atoms with Gasteiger partial charge in [0.25, 0.3) is 0 Å². The molecule has 0 N–H and O–H groups in total. The minimum atomic E-state index is 0.526. The van der Waals surface area contributed by atoms with Crippen LogP contribution in [0, 0.1) is 0 Å². The summed E-state index contributed by atoms with van der Waals surface area (Å²) in [7, 11) is 0. The van der Waals surface area contributed by atoms with Crippen LogP contribution in [0.25, 0.3) is 0 Å². The third-order valence-electron chi connectivity index (χ3n) is 6.21. The predicted molar refractivity (Wildman–Crippen MR) is 124 cm³/mol. The summed E-state index contributed by atoms with van der Waals surface area (Å²) in [6, 6.07) is 15.7. The zero-order valence-electron chi connectivity index (χ0n) is 18.4. The van der Waals surface area contributed by atoms with Gasteiger partial charge < -0.3 is 19.4 Å². The van der Waals surface area contributed by atoms with E-state index in [9.17, 15) is 0 Å². The van der Waals surface area contributed by atoms with E-state index in [1.165, 1.54) is 28.2 Å². The van der Waals surface area contributed by atoms with Crippen LogP contribution >= 0.6 is 0 Å². The van der Waals surface area contributed by atoms with Gasteiger partial charge in [-0.3, -0.25) is 0 Å². The maximum absolute atomic E-state index is 5.57. The van der Waals surface area contributed by atoms with Crippen LogP contribution in [0.5, 0.6) is 0 Å². The summed E-state index contributed by atoms with van der Waals surface area (Å²) in [6.45, 7) is 15.9. The van der Waals surface area contributed by atoms with Crippen molar-refractivity contribution in [2.24, 2.45) is 0 Å². The van der Waals surface area contributed by atoms with E-state index in [4.69, 9.17) is 4.74 Å². The van der Waals surface area contributed by atoms with Crippen LogP contribution in [0.4, 0.5) is 17.1 Å². The van der Waals surface area contributed by atoms with E-state index in [0.717, 1.165) is 46.1 Å². The maximum atomic E-state index is 5.57. The first kappa shape index (κ1) is 20.1. The van der Waals surface area contributed by atoms with Crippen molar-refractivity contribution in [3.63, 3.8) is 0 Å². The summed E-state index contributed by atoms with van der Waals surface area (Å²) in [6.07, 6.45) is 0. The molecule has 2 aromatic carbocycles. The van der Waals surface area contributed by atoms with Crippen LogP contribution in [0.1, 0.15) is 50.7 Å². The number of hydrogen-bond donors (Lipinski definition) is 0. The summed E-state index contributed by atoms with van der Waals surface area (Å²) in [4.78, 5) is 7.62. The number of para-hydroxylation sites is 3. The number of nitrogens with zero attached hydrogens (tertiary/aromatic N) is 3. The molecule has 2 aromatic rings. The Hall–Kier alpha value is -2.20. The monoisotopic (exact) mass is 393 g/mol. The Balaban J connectivity index is 1.63. The quantitative estimate of drug-likeness (QED) is 0.707. The molecule has 2 aliphatic rings. The molecule has 0 unspecified atom stereocenters. The van der Waals surface area contributed by atoms with Crippen molar-refractivity contribution in [2.75, 3.05) is 60.8 Å². The molecule has 0 amide bonds. The Morgan fingerprint density at radius 1 is 0.655 bits per heavy atom. The van der Waals surface area contributed by atoms with E-state index in [0.29, 0.717) is 11.8 Å². The average Bonchev–Trinajstić information content (AvgIpc) is 3.23. The van der Waals surface area contributed by atoms with Crippen molar-refractivity contribution < 1.29 is 4.74 Å². The molecule has 2 heterocycles. The van der Waals surface area contributed by atoms with E-state index in [-0.39, 0.29) is 0 Å². The SMILES string of the molecule is CC(C)c1cccc(C(C)C)c1N1CCN(c2ccccc2N2CCOCC2)C1. The Labute approximate surface area is 176 Å². The molecule has 4 rings (SSSR count).